The Morgan fingerprint density at radius 2 is 1.85 bits per heavy atom. The van der Waals surface area contributed by atoms with Gasteiger partial charge in [0.1, 0.15) is 5.75 Å². The summed E-state index contributed by atoms with van der Waals surface area (Å²) in [6.45, 7) is 5.64. The van der Waals surface area contributed by atoms with E-state index in [9.17, 15) is 13.2 Å². The van der Waals surface area contributed by atoms with Crippen molar-refractivity contribution in [2.45, 2.75) is 87.7 Å². The molecule has 1 saturated heterocycles. The molecule has 4 fully saturated rings. The molecule has 4 bridgehead atoms. The van der Waals surface area contributed by atoms with Crippen molar-refractivity contribution in [2.24, 2.45) is 29.1 Å². The molecule has 5 atom stereocenters. The van der Waals surface area contributed by atoms with Gasteiger partial charge < -0.3 is 28.7 Å². The maximum absolute atomic E-state index is 14.0. The molecular formula is C41H56ClN3O7S. The number of carbonyl (C=O) groups excluding carboxylic acids is 1. The number of methoxy groups -OCH3 is 1. The Kier molecular flexibility index (Phi) is 10.3. The fraction of sp³-hybridized carbons (Fsp3) is 0.683. The Morgan fingerprint density at radius 3 is 2.57 bits per heavy atom. The number of hydrogen-bond acceptors (Lipinski definition) is 9. The minimum absolute atomic E-state index is 0.0893. The molecule has 1 N–H and O–H groups in total. The second-order valence-corrected chi connectivity index (χ2v) is 19.7. The predicted molar refractivity (Wildman–Crippen MR) is 205 cm³/mol. The molecule has 2 spiro atoms. The van der Waals surface area contributed by atoms with E-state index in [1.807, 2.05) is 25.1 Å². The highest BCUT2D eigenvalue weighted by Gasteiger charge is 2.68. The van der Waals surface area contributed by atoms with Gasteiger partial charge in [-0.05, 0) is 130 Å². The van der Waals surface area contributed by atoms with Gasteiger partial charge in [0, 0.05) is 48.7 Å². The Morgan fingerprint density at radius 1 is 1.06 bits per heavy atom. The van der Waals surface area contributed by atoms with E-state index in [2.05, 4.69) is 40.7 Å². The minimum atomic E-state index is -4.02. The van der Waals surface area contributed by atoms with Crippen LogP contribution in [0.1, 0.15) is 79.8 Å². The summed E-state index contributed by atoms with van der Waals surface area (Å²) in [5.41, 5.74) is 3.56. The van der Waals surface area contributed by atoms with E-state index >= 15 is 0 Å². The van der Waals surface area contributed by atoms with Gasteiger partial charge in [-0.2, -0.15) is 0 Å². The Bertz CT molecular complexity index is 1790. The molecule has 10 nitrogen and oxygen atoms in total. The third-order valence-corrected chi connectivity index (χ3v) is 16.1. The van der Waals surface area contributed by atoms with Crippen LogP contribution in [0, 0.1) is 29.1 Å². The maximum Gasteiger partial charge on any atom is 0.264 e. The number of amides is 1. The smallest absolute Gasteiger partial charge is 0.264 e. The molecule has 0 aromatic heterocycles. The molecule has 2 aromatic rings. The number of aryl methyl sites for hydroxylation is 1. The summed E-state index contributed by atoms with van der Waals surface area (Å²) in [6, 6.07) is 11.9. The number of nitrogens with zero attached hydrogens (tertiary/aromatic N) is 2. The molecule has 53 heavy (non-hydrogen) atoms. The van der Waals surface area contributed by atoms with Crippen molar-refractivity contribution in [3.05, 3.63) is 58.1 Å². The number of nitrogens with one attached hydrogen (secondary N) is 1. The second kappa shape index (κ2) is 14.6. The number of halogens is 1. The quantitative estimate of drug-likeness (QED) is 0.390. The zero-order chi connectivity index (χ0) is 37.1. The first kappa shape index (κ1) is 37.5. The average molecular weight is 770 g/mol. The van der Waals surface area contributed by atoms with Crippen molar-refractivity contribution < 1.29 is 32.2 Å². The van der Waals surface area contributed by atoms with Crippen LogP contribution in [-0.4, -0.2) is 97.5 Å². The largest absolute Gasteiger partial charge is 0.490 e. The highest BCUT2D eigenvalue weighted by atomic mass is 35.5. The van der Waals surface area contributed by atoms with Crippen molar-refractivity contribution in [3.8, 4) is 5.75 Å². The fourth-order valence-corrected chi connectivity index (χ4v) is 12.9. The number of hydrogen-bond donors (Lipinski definition) is 1. The lowest BCUT2D eigenvalue weighted by molar-refractivity contribution is -0.290. The van der Waals surface area contributed by atoms with Crippen LogP contribution in [0.4, 0.5) is 5.69 Å². The second-order valence-electron chi connectivity index (χ2n) is 17.3. The number of ether oxygens (including phenoxy) is 4. The van der Waals surface area contributed by atoms with Crippen molar-refractivity contribution in [1.82, 2.24) is 9.62 Å². The summed E-state index contributed by atoms with van der Waals surface area (Å²) in [4.78, 5) is 18.5. The molecule has 0 radical (unpaired) electrons. The normalized spacial score (nSPS) is 36.6. The van der Waals surface area contributed by atoms with Gasteiger partial charge >= 0.3 is 0 Å². The number of likely N-dealkylation sites (N-methyl/N-ethyl adjacent to an activating group) is 1. The van der Waals surface area contributed by atoms with Gasteiger partial charge in [-0.1, -0.05) is 31.0 Å². The summed E-state index contributed by atoms with van der Waals surface area (Å²) in [7, 11) is 1.69. The Labute approximate surface area is 320 Å². The van der Waals surface area contributed by atoms with Crippen molar-refractivity contribution in [3.63, 3.8) is 0 Å². The number of sulfonamides is 1. The number of rotatable bonds is 5. The molecule has 12 heteroatoms. The molecular weight excluding hydrogens is 714 g/mol. The minimum Gasteiger partial charge on any atom is -0.490 e. The van der Waals surface area contributed by atoms with E-state index in [0.717, 1.165) is 61.7 Å². The molecule has 290 valence electrons. The van der Waals surface area contributed by atoms with Crippen LogP contribution >= 0.6 is 11.6 Å². The van der Waals surface area contributed by atoms with E-state index < -0.39 is 21.2 Å². The zero-order valence-corrected chi connectivity index (χ0v) is 33.2. The van der Waals surface area contributed by atoms with Gasteiger partial charge in [-0.3, -0.25) is 4.79 Å². The zero-order valence-electron chi connectivity index (χ0n) is 31.7. The summed E-state index contributed by atoms with van der Waals surface area (Å²) in [5, 5.41) is -0.0236. The Hall–Kier alpha value is -2.41. The van der Waals surface area contributed by atoms with E-state index in [1.54, 1.807) is 13.2 Å². The van der Waals surface area contributed by atoms with Crippen molar-refractivity contribution in [1.29, 1.82) is 0 Å². The van der Waals surface area contributed by atoms with Crippen LogP contribution in [0.25, 0.3) is 0 Å². The molecule has 3 aliphatic heterocycles. The number of carbonyl (C=O) groups is 1. The lowest BCUT2D eigenvalue weighted by Crippen LogP contribution is -2.70. The van der Waals surface area contributed by atoms with Crippen LogP contribution in [0.3, 0.4) is 0 Å². The molecule has 9 rings (SSSR count). The monoisotopic (exact) mass is 769 g/mol. The van der Waals surface area contributed by atoms with Crippen LogP contribution in [-0.2, 0) is 36.1 Å². The van der Waals surface area contributed by atoms with E-state index in [0.29, 0.717) is 50.1 Å². The summed E-state index contributed by atoms with van der Waals surface area (Å²) in [6.07, 6.45) is 7.82. The molecule has 1 amide bonds. The molecule has 3 heterocycles. The third kappa shape index (κ3) is 6.90. The number of anilines is 1. The van der Waals surface area contributed by atoms with Crippen molar-refractivity contribution >= 4 is 33.2 Å². The Balaban J connectivity index is 1.19. The molecule has 0 unspecified atom stereocenters. The van der Waals surface area contributed by atoms with Crippen LogP contribution < -0.4 is 14.4 Å². The standard InChI is InChI=1S/C41H56ClN3O7S/c1-26-7-5-9-32(39-50-21-31(22-51-39)44(2)3)37-29-19-41(37,20-29)24-45-23-40(15-6-8-27-17-30(42)11-12-33(27)40)25-52-35-13-10-28(18-34(35)45)38(46)43-53(47,48)36(26)14-16-49-4/h10-13,17-18,26,29,31-32,36-37,39H,5-9,14-16,19-25H2,1-4H3,(H,43,46)/t26-,29?,31?,32+,36+,37-,39?,40-,41?/m0/s1. The van der Waals surface area contributed by atoms with E-state index in [1.165, 1.54) is 24.0 Å². The molecule has 4 aliphatic carbocycles. The average Bonchev–Trinajstić information content (AvgIpc) is 3.25. The van der Waals surface area contributed by atoms with E-state index in [-0.39, 0.29) is 41.6 Å². The lowest BCUT2D eigenvalue weighted by atomic mass is 9.34. The van der Waals surface area contributed by atoms with Crippen LogP contribution in [0.15, 0.2) is 36.4 Å². The maximum atomic E-state index is 14.0. The first-order chi connectivity index (χ1) is 25.4. The topological polar surface area (TPSA) is 107 Å². The fourth-order valence-electron chi connectivity index (χ4n) is 11.0. The van der Waals surface area contributed by atoms with Gasteiger partial charge in [0.15, 0.2) is 6.29 Å². The lowest BCUT2D eigenvalue weighted by Gasteiger charge is -2.72. The van der Waals surface area contributed by atoms with Crippen LogP contribution in [0.5, 0.6) is 5.75 Å². The molecule has 2 aromatic carbocycles. The molecule has 3 saturated carbocycles. The first-order valence-electron chi connectivity index (χ1n) is 19.7. The van der Waals surface area contributed by atoms with Gasteiger partial charge in [0.25, 0.3) is 5.91 Å². The highest BCUT2D eigenvalue weighted by molar-refractivity contribution is 7.90. The predicted octanol–water partition coefficient (Wildman–Crippen LogP) is 6.04. The molecule has 7 aliphatic rings. The number of benzene rings is 2. The SMILES string of the molecule is COCC[C@@H]1[C@@H](C)CCC[C@@H](C2OCC(N(C)C)CO2)[C@@H]2C3CC2(C3)CN2C[C@@]3(CCCc4cc(Cl)ccc43)COc3ccc(cc32)C(=O)NS1(=O)=O. The van der Waals surface area contributed by atoms with Gasteiger partial charge in [0.2, 0.25) is 10.0 Å². The number of fused-ring (bicyclic) bond motifs is 3. The van der Waals surface area contributed by atoms with Gasteiger partial charge in [-0.25, -0.2) is 13.1 Å². The van der Waals surface area contributed by atoms with Gasteiger partial charge in [-0.15, -0.1) is 0 Å². The van der Waals surface area contributed by atoms with E-state index in [4.69, 9.17) is 30.5 Å². The van der Waals surface area contributed by atoms with Gasteiger partial charge in [0.05, 0.1) is 36.8 Å². The first-order valence-corrected chi connectivity index (χ1v) is 21.6. The van der Waals surface area contributed by atoms with Crippen LogP contribution in [0.2, 0.25) is 5.02 Å². The summed E-state index contributed by atoms with van der Waals surface area (Å²) >= 11 is 6.51. The third-order valence-electron chi connectivity index (χ3n) is 13.9. The summed E-state index contributed by atoms with van der Waals surface area (Å²) < 4.78 is 55.7. The van der Waals surface area contributed by atoms with Crippen molar-refractivity contribution in [2.75, 3.05) is 65.6 Å². The highest BCUT2D eigenvalue weighted by Crippen LogP contribution is 2.72. The summed E-state index contributed by atoms with van der Waals surface area (Å²) in [5.74, 6) is 1.20.